The van der Waals surface area contributed by atoms with Crippen molar-refractivity contribution in [2.75, 3.05) is 5.75 Å². The average molecular weight is 198 g/mol. The van der Waals surface area contributed by atoms with E-state index in [4.69, 9.17) is 0 Å². The monoisotopic (exact) mass is 198 g/mol. The predicted octanol–water partition coefficient (Wildman–Crippen LogP) is 3.91. The van der Waals surface area contributed by atoms with Gasteiger partial charge in [-0.25, -0.2) is 0 Å². The van der Waals surface area contributed by atoms with Crippen molar-refractivity contribution in [3.63, 3.8) is 0 Å². The van der Waals surface area contributed by atoms with E-state index in [0.29, 0.717) is 5.92 Å². The van der Waals surface area contributed by atoms with Gasteiger partial charge in [-0.2, -0.15) is 0 Å². The van der Waals surface area contributed by atoms with Gasteiger partial charge in [0.25, 0.3) is 0 Å². The van der Waals surface area contributed by atoms with Crippen LogP contribution in [0.2, 0.25) is 0 Å². The van der Waals surface area contributed by atoms with Gasteiger partial charge in [-0.3, -0.25) is 0 Å². The molecule has 0 radical (unpaired) electrons. The van der Waals surface area contributed by atoms with Crippen molar-refractivity contribution in [2.24, 2.45) is 0 Å². The van der Waals surface area contributed by atoms with Crippen molar-refractivity contribution in [2.45, 2.75) is 37.5 Å². The molecule has 0 saturated heterocycles. The summed E-state index contributed by atoms with van der Waals surface area (Å²) >= 11 is 4.06. The van der Waals surface area contributed by atoms with Crippen LogP contribution in [0.5, 0.6) is 0 Å². The molecule has 0 nitrogen and oxygen atoms in total. The third-order valence-electron chi connectivity index (χ3n) is 2.16. The summed E-state index contributed by atoms with van der Waals surface area (Å²) in [5, 5.41) is 0. The van der Waals surface area contributed by atoms with Crippen LogP contribution in [-0.2, 0) is 6.42 Å². The number of thiophene rings is 1. The second kappa shape index (κ2) is 3.43. The standard InChI is InChI=1S/C10H14S2/c1-7(2)9-6-10-8(12-9)4-3-5-11-10/h6-7H,3-5H2,1-2H3. The first kappa shape index (κ1) is 8.64. The summed E-state index contributed by atoms with van der Waals surface area (Å²) in [6.45, 7) is 4.56. The molecule has 2 heteroatoms. The number of aryl methyl sites for hydroxylation is 1. The summed E-state index contributed by atoms with van der Waals surface area (Å²) in [4.78, 5) is 4.76. The minimum Gasteiger partial charge on any atom is -0.144 e. The van der Waals surface area contributed by atoms with Gasteiger partial charge in [0.05, 0.1) is 0 Å². The molecule has 0 bridgehead atoms. The normalized spacial score (nSPS) is 16.6. The molecule has 1 aliphatic rings. The van der Waals surface area contributed by atoms with E-state index in [9.17, 15) is 0 Å². The van der Waals surface area contributed by atoms with E-state index >= 15 is 0 Å². The Labute approximate surface area is 82.4 Å². The highest BCUT2D eigenvalue weighted by molar-refractivity contribution is 7.99. The number of hydrogen-bond acceptors (Lipinski definition) is 2. The first-order chi connectivity index (χ1) is 5.77. The number of hydrogen-bond donors (Lipinski definition) is 0. The van der Waals surface area contributed by atoms with Gasteiger partial charge in [-0.1, -0.05) is 13.8 Å². The van der Waals surface area contributed by atoms with Crippen LogP contribution in [-0.4, -0.2) is 5.75 Å². The molecule has 0 unspecified atom stereocenters. The highest BCUT2D eigenvalue weighted by atomic mass is 32.2. The fourth-order valence-corrected chi connectivity index (χ4v) is 3.89. The van der Waals surface area contributed by atoms with Crippen LogP contribution in [0.1, 0.15) is 35.9 Å². The maximum Gasteiger partial charge on any atom is 0.0214 e. The van der Waals surface area contributed by atoms with Crippen LogP contribution in [0, 0.1) is 0 Å². The molecule has 1 aromatic heterocycles. The molecule has 1 aromatic rings. The van der Waals surface area contributed by atoms with Gasteiger partial charge >= 0.3 is 0 Å². The third kappa shape index (κ3) is 1.55. The van der Waals surface area contributed by atoms with E-state index < -0.39 is 0 Å². The Kier molecular flexibility index (Phi) is 2.47. The van der Waals surface area contributed by atoms with E-state index in [1.54, 1.807) is 14.6 Å². The summed E-state index contributed by atoms with van der Waals surface area (Å²) in [7, 11) is 0. The first-order valence-electron chi connectivity index (χ1n) is 4.53. The molecule has 0 saturated carbocycles. The van der Waals surface area contributed by atoms with Crippen molar-refractivity contribution in [1.29, 1.82) is 0 Å². The summed E-state index contributed by atoms with van der Waals surface area (Å²) in [6.07, 6.45) is 2.69. The molecule has 12 heavy (non-hydrogen) atoms. The van der Waals surface area contributed by atoms with Gasteiger partial charge in [0.15, 0.2) is 0 Å². The maximum absolute atomic E-state index is 2.40. The summed E-state index contributed by atoms with van der Waals surface area (Å²) in [5.41, 5.74) is 0. The molecule has 0 aromatic carbocycles. The largest absolute Gasteiger partial charge is 0.144 e. The highest BCUT2D eigenvalue weighted by Gasteiger charge is 2.14. The Hall–Kier alpha value is 0.0500. The average Bonchev–Trinajstić information content (AvgIpc) is 2.46. The van der Waals surface area contributed by atoms with E-state index in [2.05, 4.69) is 19.9 Å². The summed E-state index contributed by atoms with van der Waals surface area (Å²) in [5.74, 6) is 2.03. The van der Waals surface area contributed by atoms with Crippen molar-refractivity contribution >= 4 is 23.1 Å². The molecule has 0 atom stereocenters. The Morgan fingerprint density at radius 2 is 2.25 bits per heavy atom. The molecule has 1 aliphatic heterocycles. The van der Waals surface area contributed by atoms with Crippen LogP contribution in [0.25, 0.3) is 0 Å². The topological polar surface area (TPSA) is 0 Å². The third-order valence-corrected chi connectivity index (χ3v) is 4.96. The van der Waals surface area contributed by atoms with Crippen LogP contribution in [0.15, 0.2) is 11.0 Å². The molecule has 2 rings (SSSR count). The van der Waals surface area contributed by atoms with Gasteiger partial charge in [0.2, 0.25) is 0 Å². The summed E-state index contributed by atoms with van der Waals surface area (Å²) < 4.78 is 0. The van der Waals surface area contributed by atoms with E-state index in [-0.39, 0.29) is 0 Å². The van der Waals surface area contributed by atoms with Gasteiger partial charge < -0.3 is 0 Å². The van der Waals surface area contributed by atoms with Gasteiger partial charge in [0.1, 0.15) is 0 Å². The fraction of sp³-hybridized carbons (Fsp3) is 0.600. The predicted molar refractivity (Wildman–Crippen MR) is 57.5 cm³/mol. The zero-order valence-corrected chi connectivity index (χ0v) is 9.23. The Morgan fingerprint density at radius 1 is 1.42 bits per heavy atom. The van der Waals surface area contributed by atoms with Crippen LogP contribution in [0.3, 0.4) is 0 Å². The van der Waals surface area contributed by atoms with Crippen molar-refractivity contribution in [1.82, 2.24) is 0 Å². The Bertz CT molecular complexity index is 250. The minimum absolute atomic E-state index is 0.709. The lowest BCUT2D eigenvalue weighted by Crippen LogP contribution is -1.92. The highest BCUT2D eigenvalue weighted by Crippen LogP contribution is 2.38. The van der Waals surface area contributed by atoms with Crippen molar-refractivity contribution < 1.29 is 0 Å². The molecule has 0 fully saturated rings. The first-order valence-corrected chi connectivity index (χ1v) is 6.33. The molecule has 0 aliphatic carbocycles. The van der Waals surface area contributed by atoms with Crippen molar-refractivity contribution in [3.05, 3.63) is 15.8 Å². The Balaban J connectivity index is 2.32. The molecular formula is C10H14S2. The fourth-order valence-electron chi connectivity index (χ4n) is 1.43. The van der Waals surface area contributed by atoms with Gasteiger partial charge in [-0.05, 0) is 30.6 Å². The minimum atomic E-state index is 0.709. The van der Waals surface area contributed by atoms with E-state index in [1.165, 1.54) is 18.6 Å². The van der Waals surface area contributed by atoms with Crippen LogP contribution in [0.4, 0.5) is 0 Å². The maximum atomic E-state index is 2.40. The SMILES string of the molecule is CC(C)c1cc2c(s1)CCCS2. The summed E-state index contributed by atoms with van der Waals surface area (Å²) in [6, 6.07) is 2.40. The molecule has 66 valence electrons. The number of rotatable bonds is 1. The lowest BCUT2D eigenvalue weighted by molar-refractivity contribution is 0.885. The molecule has 2 heterocycles. The smallest absolute Gasteiger partial charge is 0.0214 e. The molecule has 0 amide bonds. The van der Waals surface area contributed by atoms with E-state index in [0.717, 1.165) is 0 Å². The lowest BCUT2D eigenvalue weighted by atomic mass is 10.2. The lowest BCUT2D eigenvalue weighted by Gasteiger charge is -2.08. The van der Waals surface area contributed by atoms with Gasteiger partial charge in [-0.15, -0.1) is 23.1 Å². The molecule has 0 N–H and O–H groups in total. The number of fused-ring (bicyclic) bond motifs is 1. The zero-order valence-electron chi connectivity index (χ0n) is 7.59. The van der Waals surface area contributed by atoms with E-state index in [1.807, 2.05) is 23.1 Å². The molecule has 0 spiro atoms. The second-order valence-corrected chi connectivity index (χ2v) is 5.85. The molecular weight excluding hydrogens is 184 g/mol. The quantitative estimate of drug-likeness (QED) is 0.659. The van der Waals surface area contributed by atoms with Crippen LogP contribution >= 0.6 is 23.1 Å². The second-order valence-electron chi connectivity index (χ2n) is 3.54. The van der Waals surface area contributed by atoms with Crippen LogP contribution < -0.4 is 0 Å². The number of thioether (sulfide) groups is 1. The Morgan fingerprint density at radius 3 is 2.92 bits per heavy atom. The van der Waals surface area contributed by atoms with Crippen molar-refractivity contribution in [3.8, 4) is 0 Å². The zero-order chi connectivity index (χ0) is 8.55. The van der Waals surface area contributed by atoms with Gasteiger partial charge in [0, 0.05) is 14.6 Å².